The van der Waals surface area contributed by atoms with Gasteiger partial charge >= 0.3 is 0 Å². The van der Waals surface area contributed by atoms with E-state index in [1.807, 2.05) is 0 Å². The van der Waals surface area contributed by atoms with Crippen molar-refractivity contribution in [2.45, 2.75) is 52.4 Å². The van der Waals surface area contributed by atoms with Crippen LogP contribution < -0.4 is 0 Å². The van der Waals surface area contributed by atoms with Gasteiger partial charge in [-0.15, -0.1) is 0 Å². The largest absolute Gasteiger partial charge is 0.0616 e. The third kappa shape index (κ3) is 6.96. The number of rotatable bonds is 4. The van der Waals surface area contributed by atoms with Crippen molar-refractivity contribution in [3.63, 3.8) is 0 Å². The van der Waals surface area contributed by atoms with Gasteiger partial charge in [0, 0.05) is 0 Å². The van der Waals surface area contributed by atoms with Gasteiger partial charge in [-0.05, 0) is 194 Å². The molecular formula is C74H56. The van der Waals surface area contributed by atoms with Crippen LogP contribution in [0.3, 0.4) is 0 Å². The summed E-state index contributed by atoms with van der Waals surface area (Å²) in [5.74, 6) is 0. The summed E-state index contributed by atoms with van der Waals surface area (Å²) in [6.45, 7) is 13.8. The van der Waals surface area contributed by atoms with Crippen molar-refractivity contribution in [3.8, 4) is 44.5 Å². The first-order valence-corrected chi connectivity index (χ1v) is 26.3. The van der Waals surface area contributed by atoms with Crippen LogP contribution in [0.1, 0.15) is 52.7 Å². The first-order valence-electron chi connectivity index (χ1n) is 26.3. The second-order valence-electron chi connectivity index (χ2n) is 22.8. The molecule has 0 N–H and O–H groups in total. The molecule has 0 saturated carbocycles. The van der Waals surface area contributed by atoms with Crippen LogP contribution in [0.25, 0.3) is 141 Å². The highest BCUT2D eigenvalue weighted by Gasteiger charge is 2.22. The van der Waals surface area contributed by atoms with E-state index in [4.69, 9.17) is 0 Å². The number of hydrogen-bond acceptors (Lipinski definition) is 0. The van der Waals surface area contributed by atoms with Crippen LogP contribution in [-0.2, 0) is 10.8 Å². The van der Waals surface area contributed by atoms with Gasteiger partial charge in [-0.25, -0.2) is 0 Å². The Balaban J connectivity index is 0.935. The zero-order chi connectivity index (χ0) is 50.0. The van der Waals surface area contributed by atoms with E-state index >= 15 is 0 Å². The van der Waals surface area contributed by atoms with Crippen molar-refractivity contribution in [3.05, 3.63) is 242 Å². The van der Waals surface area contributed by atoms with Crippen molar-refractivity contribution in [2.75, 3.05) is 0 Å². The van der Waals surface area contributed by atoms with E-state index in [2.05, 4.69) is 272 Å². The van der Waals surface area contributed by atoms with Gasteiger partial charge in [-0.2, -0.15) is 0 Å². The minimum atomic E-state index is 0.0630. The first-order chi connectivity index (χ1) is 36.0. The molecule has 0 unspecified atom stereocenters. The molecule has 0 aliphatic carbocycles. The Hall–Kier alpha value is -8.58. The second kappa shape index (κ2) is 16.5. The molecule has 74 heavy (non-hydrogen) atoms. The normalized spacial score (nSPS) is 12.5. The van der Waals surface area contributed by atoms with E-state index in [1.54, 1.807) is 0 Å². The molecule has 0 nitrogen and oxygen atoms in total. The highest BCUT2D eigenvalue weighted by atomic mass is 14.3. The zero-order valence-corrected chi connectivity index (χ0v) is 42.9. The highest BCUT2D eigenvalue weighted by Crippen LogP contribution is 2.48. The molecule has 0 amide bonds. The summed E-state index contributed by atoms with van der Waals surface area (Å²) in [6, 6.07) is 87.6. The summed E-state index contributed by atoms with van der Waals surface area (Å²) >= 11 is 0. The summed E-state index contributed by atoms with van der Waals surface area (Å²) in [5.41, 5.74) is 12.9. The predicted octanol–water partition coefficient (Wildman–Crippen LogP) is 21.3. The average molecular weight is 945 g/mol. The molecule has 0 aromatic heterocycles. The fraction of sp³-hybridized carbons (Fsp3) is 0.108. The van der Waals surface area contributed by atoms with E-state index in [0.29, 0.717) is 0 Å². The minimum absolute atomic E-state index is 0.0630. The Morgan fingerprint density at radius 3 is 0.878 bits per heavy atom. The molecule has 0 aliphatic rings. The molecule has 352 valence electrons. The standard InChI is InChI=1S/C74H56/c1-73(2,3)53-35-33-46-39-48(32-29-47(46)42-53)69-59-19-9-11-21-61(59)70(62-22-12-10-20-60(62)69)49-30-27-45-28-31-50(41-52(45)40-49)71-63-23-13-15-25-65(63)72(66-26-16-14-24-64(66)71)51-34-37-57-58-38-36-54(74(4,5)6)44-68(58)56-18-8-7-17-55(56)67(57)43-51/h7-44H,1-6H3. The highest BCUT2D eigenvalue weighted by molar-refractivity contribution is 6.28. The lowest BCUT2D eigenvalue weighted by molar-refractivity contribution is 0.591. The summed E-state index contributed by atoms with van der Waals surface area (Å²) in [6.07, 6.45) is 0. The van der Waals surface area contributed by atoms with Crippen molar-refractivity contribution in [2.24, 2.45) is 0 Å². The van der Waals surface area contributed by atoms with Crippen LogP contribution in [0.2, 0.25) is 0 Å². The number of hydrogen-bond donors (Lipinski definition) is 0. The van der Waals surface area contributed by atoms with Crippen molar-refractivity contribution < 1.29 is 0 Å². The van der Waals surface area contributed by atoms with Crippen LogP contribution in [0.15, 0.2) is 231 Å². The Kier molecular flexibility index (Phi) is 9.83. The van der Waals surface area contributed by atoms with Crippen LogP contribution >= 0.6 is 0 Å². The second-order valence-corrected chi connectivity index (χ2v) is 22.8. The molecule has 0 heteroatoms. The molecule has 0 spiro atoms. The van der Waals surface area contributed by atoms with Gasteiger partial charge in [0.25, 0.3) is 0 Å². The Bertz CT molecular complexity index is 4530. The molecule has 14 aromatic rings. The lowest BCUT2D eigenvalue weighted by Crippen LogP contribution is -2.10. The fourth-order valence-electron chi connectivity index (χ4n) is 12.5. The average Bonchev–Trinajstić information content (AvgIpc) is 3.43. The summed E-state index contributed by atoms with van der Waals surface area (Å²) in [7, 11) is 0. The minimum Gasteiger partial charge on any atom is -0.0616 e. The van der Waals surface area contributed by atoms with Crippen molar-refractivity contribution >= 4 is 97.0 Å². The SMILES string of the molecule is CC(C)(C)c1ccc2cc(-c3c4ccccc4c(-c4ccc5ccc(-c6c7ccccc7c(-c7ccc8c9ccc(C(C)(C)C)cc9c9ccccc9c8c7)c7ccccc67)cc5c4)c4ccccc34)ccc2c1. The summed E-state index contributed by atoms with van der Waals surface area (Å²) in [4.78, 5) is 0. The maximum Gasteiger partial charge on any atom is -0.00261 e. The molecule has 0 heterocycles. The van der Waals surface area contributed by atoms with Gasteiger partial charge in [-0.1, -0.05) is 242 Å². The van der Waals surface area contributed by atoms with Gasteiger partial charge in [0.05, 0.1) is 0 Å². The summed E-state index contributed by atoms with van der Waals surface area (Å²) in [5, 5.41) is 22.9. The monoisotopic (exact) mass is 944 g/mol. The van der Waals surface area contributed by atoms with Gasteiger partial charge in [0.2, 0.25) is 0 Å². The van der Waals surface area contributed by atoms with E-state index in [1.165, 1.54) is 153 Å². The lowest BCUT2D eigenvalue weighted by Gasteiger charge is -2.21. The smallest absolute Gasteiger partial charge is 0.00261 e. The zero-order valence-electron chi connectivity index (χ0n) is 42.9. The molecule has 0 bridgehead atoms. The van der Waals surface area contributed by atoms with Crippen LogP contribution in [-0.4, -0.2) is 0 Å². The number of fused-ring (bicyclic) bond motifs is 12. The Labute approximate surface area is 433 Å². The molecule has 0 atom stereocenters. The van der Waals surface area contributed by atoms with E-state index in [0.717, 1.165) is 0 Å². The molecule has 0 radical (unpaired) electrons. The Morgan fingerprint density at radius 1 is 0.189 bits per heavy atom. The summed E-state index contributed by atoms with van der Waals surface area (Å²) < 4.78 is 0. The van der Waals surface area contributed by atoms with Gasteiger partial charge in [-0.3, -0.25) is 0 Å². The van der Waals surface area contributed by atoms with Crippen LogP contribution in [0.5, 0.6) is 0 Å². The molecular weight excluding hydrogens is 889 g/mol. The Morgan fingerprint density at radius 2 is 0.459 bits per heavy atom. The van der Waals surface area contributed by atoms with Crippen molar-refractivity contribution in [1.29, 1.82) is 0 Å². The molecule has 14 aromatic carbocycles. The molecule has 0 fully saturated rings. The van der Waals surface area contributed by atoms with Gasteiger partial charge in [0.1, 0.15) is 0 Å². The van der Waals surface area contributed by atoms with Gasteiger partial charge in [0.15, 0.2) is 0 Å². The molecule has 0 aliphatic heterocycles. The third-order valence-corrected chi connectivity index (χ3v) is 16.3. The first kappa shape index (κ1) is 44.1. The van der Waals surface area contributed by atoms with E-state index in [-0.39, 0.29) is 10.8 Å². The maximum atomic E-state index is 2.46. The third-order valence-electron chi connectivity index (χ3n) is 16.3. The van der Waals surface area contributed by atoms with Crippen LogP contribution in [0, 0.1) is 0 Å². The van der Waals surface area contributed by atoms with E-state index in [9.17, 15) is 0 Å². The number of benzene rings is 14. The van der Waals surface area contributed by atoms with Crippen LogP contribution in [0.4, 0.5) is 0 Å². The molecule has 0 saturated heterocycles. The van der Waals surface area contributed by atoms with Crippen molar-refractivity contribution in [1.82, 2.24) is 0 Å². The van der Waals surface area contributed by atoms with Gasteiger partial charge < -0.3 is 0 Å². The predicted molar refractivity (Wildman–Crippen MR) is 323 cm³/mol. The maximum absolute atomic E-state index is 2.46. The topological polar surface area (TPSA) is 0 Å². The lowest BCUT2D eigenvalue weighted by atomic mass is 9.83. The fourth-order valence-corrected chi connectivity index (χ4v) is 12.5. The quantitative estimate of drug-likeness (QED) is 0.122. The van der Waals surface area contributed by atoms with E-state index < -0.39 is 0 Å². The molecule has 14 rings (SSSR count).